The second-order valence-corrected chi connectivity index (χ2v) is 11.6. The van der Waals surface area contributed by atoms with Gasteiger partial charge >= 0.3 is 0 Å². The van der Waals surface area contributed by atoms with Gasteiger partial charge in [0.05, 0.1) is 38.6 Å². The molecule has 6 rings (SSSR count). The third-order valence-electron chi connectivity index (χ3n) is 7.70. The minimum absolute atomic E-state index is 0.0884. The second-order valence-electron chi connectivity index (χ2n) is 10.4. The van der Waals surface area contributed by atoms with Crippen molar-refractivity contribution in [1.82, 2.24) is 4.90 Å². The summed E-state index contributed by atoms with van der Waals surface area (Å²) in [5, 5.41) is 1.57. The number of thioether (sulfide) groups is 1. The van der Waals surface area contributed by atoms with E-state index in [1.807, 2.05) is 30.0 Å². The molecule has 0 amide bonds. The maximum atomic E-state index is 6.74. The van der Waals surface area contributed by atoms with Crippen LogP contribution in [0.5, 0.6) is 0 Å². The van der Waals surface area contributed by atoms with Crippen LogP contribution in [0.25, 0.3) is 0 Å². The highest BCUT2D eigenvalue weighted by Crippen LogP contribution is 2.44. The molecule has 2 aliphatic heterocycles. The fourth-order valence-corrected chi connectivity index (χ4v) is 6.98. The predicted molar refractivity (Wildman–Crippen MR) is 153 cm³/mol. The maximum Gasteiger partial charge on any atom is 0.159 e. The van der Waals surface area contributed by atoms with Crippen LogP contribution in [0.15, 0.2) is 96.0 Å². The summed E-state index contributed by atoms with van der Waals surface area (Å²) < 4.78 is 19.8. The first-order valence-corrected chi connectivity index (χ1v) is 14.6. The normalized spacial score (nSPS) is 26.5. The number of hydrogen-bond donors (Lipinski definition) is 0. The quantitative estimate of drug-likeness (QED) is 0.326. The van der Waals surface area contributed by atoms with Crippen molar-refractivity contribution in [3.8, 4) is 0 Å². The van der Waals surface area contributed by atoms with Gasteiger partial charge in [-0.25, -0.2) is 0 Å². The maximum absolute atomic E-state index is 6.74. The van der Waals surface area contributed by atoms with Crippen LogP contribution in [0.1, 0.15) is 29.5 Å². The Morgan fingerprint density at radius 3 is 1.82 bits per heavy atom. The monoisotopic (exact) mass is 528 g/mol. The van der Waals surface area contributed by atoms with E-state index >= 15 is 0 Å². The van der Waals surface area contributed by atoms with E-state index in [1.165, 1.54) is 28.3 Å². The summed E-state index contributed by atoms with van der Waals surface area (Å²) in [5.74, 6) is 0.225. The van der Waals surface area contributed by atoms with E-state index in [-0.39, 0.29) is 24.2 Å². The molecular weight excluding hydrogens is 492 g/mol. The fourth-order valence-electron chi connectivity index (χ4n) is 5.50. The average molecular weight is 529 g/mol. The lowest BCUT2D eigenvalue weighted by molar-refractivity contribution is -0.145. The molecule has 2 heterocycles. The van der Waals surface area contributed by atoms with Crippen LogP contribution in [0.2, 0.25) is 0 Å². The number of rotatable bonds is 10. The van der Waals surface area contributed by atoms with Crippen LogP contribution in [0.4, 0.5) is 0 Å². The number of aliphatic imine (C=N–C) groups is 1. The summed E-state index contributed by atoms with van der Waals surface area (Å²) in [4.78, 5) is 7.67. The minimum Gasteiger partial charge on any atom is -0.376 e. The molecule has 0 spiro atoms. The van der Waals surface area contributed by atoms with Gasteiger partial charge in [0.25, 0.3) is 0 Å². The standard InChI is InChI=1S/C32H36N2O3S/c1-4-11-24(12-5-1)20-35-23-27-19-28-29(33-32(38-28)34-17-10-18-34)31(37-22-26-15-8-3-9-16-26)30(27)36-21-25-13-6-2-7-14-25/h1-9,11-16,27-31H,10,17-23H2. The molecule has 198 valence electrons. The van der Waals surface area contributed by atoms with Crippen LogP contribution in [-0.4, -0.2) is 53.3 Å². The summed E-state index contributed by atoms with van der Waals surface area (Å²) in [5.41, 5.74) is 3.54. The van der Waals surface area contributed by atoms with E-state index in [2.05, 4.69) is 77.7 Å². The summed E-state index contributed by atoms with van der Waals surface area (Å²) in [6.07, 6.45) is 2.03. The fraction of sp³-hybridized carbons (Fsp3) is 0.406. The first-order chi connectivity index (χ1) is 18.8. The lowest BCUT2D eigenvalue weighted by Gasteiger charge is -2.42. The molecule has 0 N–H and O–H groups in total. The van der Waals surface area contributed by atoms with Crippen LogP contribution in [-0.2, 0) is 34.0 Å². The van der Waals surface area contributed by atoms with Gasteiger partial charge in [0.2, 0.25) is 0 Å². The molecule has 0 radical (unpaired) electrons. The van der Waals surface area contributed by atoms with E-state index in [4.69, 9.17) is 19.2 Å². The molecule has 2 fully saturated rings. The topological polar surface area (TPSA) is 43.3 Å². The van der Waals surface area contributed by atoms with E-state index in [9.17, 15) is 0 Å². The molecule has 38 heavy (non-hydrogen) atoms. The Kier molecular flexibility index (Phi) is 8.41. The van der Waals surface area contributed by atoms with Crippen molar-refractivity contribution in [2.75, 3.05) is 19.7 Å². The Balaban J connectivity index is 1.23. The van der Waals surface area contributed by atoms with Crippen molar-refractivity contribution in [3.05, 3.63) is 108 Å². The van der Waals surface area contributed by atoms with Gasteiger partial charge in [-0.2, -0.15) is 0 Å². The third kappa shape index (κ3) is 6.15. The molecule has 3 aromatic rings. The lowest BCUT2D eigenvalue weighted by atomic mass is 9.81. The molecule has 0 aromatic heterocycles. The molecule has 1 saturated heterocycles. The van der Waals surface area contributed by atoms with Crippen molar-refractivity contribution in [1.29, 1.82) is 0 Å². The van der Waals surface area contributed by atoms with Crippen LogP contribution >= 0.6 is 11.8 Å². The highest BCUT2D eigenvalue weighted by molar-refractivity contribution is 8.14. The number of nitrogens with zero attached hydrogens (tertiary/aromatic N) is 2. The molecule has 3 aromatic carbocycles. The van der Waals surface area contributed by atoms with Gasteiger partial charge in [0, 0.05) is 24.3 Å². The molecule has 1 saturated carbocycles. The Labute approximate surface area is 230 Å². The number of likely N-dealkylation sites (tertiary alicyclic amines) is 1. The molecule has 1 aliphatic carbocycles. The van der Waals surface area contributed by atoms with Crippen LogP contribution in [0, 0.1) is 5.92 Å². The van der Waals surface area contributed by atoms with Gasteiger partial charge in [0.1, 0.15) is 6.10 Å². The van der Waals surface area contributed by atoms with E-state index in [1.54, 1.807) is 0 Å². The highest BCUT2D eigenvalue weighted by Gasteiger charge is 2.50. The van der Waals surface area contributed by atoms with Gasteiger partial charge in [0.15, 0.2) is 5.17 Å². The predicted octanol–water partition coefficient (Wildman–Crippen LogP) is 5.94. The van der Waals surface area contributed by atoms with Gasteiger partial charge in [-0.05, 0) is 29.5 Å². The number of benzene rings is 3. The Morgan fingerprint density at radius 1 is 0.711 bits per heavy atom. The zero-order chi connectivity index (χ0) is 25.6. The third-order valence-corrected chi connectivity index (χ3v) is 9.05. The molecular formula is C32H36N2O3S. The Bertz CT molecular complexity index is 1170. The van der Waals surface area contributed by atoms with Gasteiger partial charge in [-0.1, -0.05) is 103 Å². The zero-order valence-corrected chi connectivity index (χ0v) is 22.5. The summed E-state index contributed by atoms with van der Waals surface area (Å²) >= 11 is 1.94. The van der Waals surface area contributed by atoms with Crippen molar-refractivity contribution < 1.29 is 14.2 Å². The second kappa shape index (κ2) is 12.5. The van der Waals surface area contributed by atoms with Crippen molar-refractivity contribution >= 4 is 16.9 Å². The molecule has 5 unspecified atom stereocenters. The van der Waals surface area contributed by atoms with Gasteiger partial charge in [-0.15, -0.1) is 0 Å². The number of amidine groups is 1. The average Bonchev–Trinajstić information content (AvgIpc) is 3.34. The minimum atomic E-state index is -0.130. The lowest BCUT2D eigenvalue weighted by Crippen LogP contribution is -2.54. The highest BCUT2D eigenvalue weighted by atomic mass is 32.2. The van der Waals surface area contributed by atoms with Crippen LogP contribution in [0.3, 0.4) is 0 Å². The molecule has 6 heteroatoms. The molecule has 5 atom stereocenters. The van der Waals surface area contributed by atoms with Gasteiger partial charge < -0.3 is 19.1 Å². The smallest absolute Gasteiger partial charge is 0.159 e. The molecule has 5 nitrogen and oxygen atoms in total. The Hall–Kier alpha value is -2.64. The van der Waals surface area contributed by atoms with Crippen molar-refractivity contribution in [3.63, 3.8) is 0 Å². The summed E-state index contributed by atoms with van der Waals surface area (Å²) in [6, 6.07) is 31.3. The first-order valence-electron chi connectivity index (χ1n) is 13.8. The van der Waals surface area contributed by atoms with E-state index in [0.29, 0.717) is 31.7 Å². The van der Waals surface area contributed by atoms with Crippen molar-refractivity contribution in [2.24, 2.45) is 10.9 Å². The van der Waals surface area contributed by atoms with Crippen molar-refractivity contribution in [2.45, 2.75) is 56.2 Å². The number of ether oxygens (including phenoxy) is 3. The Morgan fingerprint density at radius 2 is 1.26 bits per heavy atom. The van der Waals surface area contributed by atoms with Gasteiger partial charge in [-0.3, -0.25) is 4.99 Å². The van der Waals surface area contributed by atoms with E-state index < -0.39 is 0 Å². The zero-order valence-electron chi connectivity index (χ0n) is 21.7. The van der Waals surface area contributed by atoms with Crippen LogP contribution < -0.4 is 0 Å². The summed E-state index contributed by atoms with van der Waals surface area (Å²) in [7, 11) is 0. The van der Waals surface area contributed by atoms with E-state index in [0.717, 1.165) is 19.5 Å². The first kappa shape index (κ1) is 25.6. The molecule has 0 bridgehead atoms. The summed E-state index contributed by atoms with van der Waals surface area (Å²) in [6.45, 7) is 4.57. The largest absolute Gasteiger partial charge is 0.376 e. The number of fused-ring (bicyclic) bond motifs is 1. The SMILES string of the molecule is c1ccc(COCC2CC3SC(N4CCC4)=NC3C(OCc3ccccc3)C2OCc2ccccc2)cc1. The molecule has 3 aliphatic rings. The number of hydrogen-bond acceptors (Lipinski definition) is 6.